The molecule has 0 aromatic rings. The van der Waals surface area contributed by atoms with Gasteiger partial charge in [0.05, 0.1) is 44.1 Å². The molecule has 2 aliphatic rings. The number of unbranched alkanes of at least 4 members (excludes halogenated alkanes) is 24. The summed E-state index contributed by atoms with van der Waals surface area (Å²) in [7, 11) is 0. The predicted molar refractivity (Wildman–Crippen MR) is 267 cm³/mol. The molecule has 2 fully saturated rings. The van der Waals surface area contributed by atoms with Crippen LogP contribution in [0.3, 0.4) is 0 Å². The van der Waals surface area contributed by atoms with Crippen LogP contribution >= 0.6 is 0 Å². The maximum Gasteiger partial charge on any atom is 0.364 e. The molecule has 13 N–H and O–H groups in total. The van der Waals surface area contributed by atoms with Crippen molar-refractivity contribution in [1.29, 1.82) is 0 Å². The number of rotatable bonds is 43. The minimum absolute atomic E-state index is 0.149. The molecule has 20 nitrogen and oxygen atoms in total. The van der Waals surface area contributed by atoms with Crippen molar-refractivity contribution in [2.24, 2.45) is 0 Å². The van der Waals surface area contributed by atoms with Crippen LogP contribution in [0.2, 0.25) is 0 Å². The van der Waals surface area contributed by atoms with Crippen molar-refractivity contribution in [2.45, 2.75) is 285 Å². The highest BCUT2D eigenvalue weighted by Crippen LogP contribution is 2.35. The Hall–Kier alpha value is -2.15. The van der Waals surface area contributed by atoms with Gasteiger partial charge in [-0.2, -0.15) is 0 Å². The van der Waals surface area contributed by atoms with Crippen LogP contribution in [0.4, 0.5) is 0 Å². The van der Waals surface area contributed by atoms with E-state index in [1.165, 1.54) is 103 Å². The molecule has 0 bridgehead atoms. The Balaban J connectivity index is 2.07. The Morgan fingerprint density at radius 1 is 0.639 bits per heavy atom. The van der Waals surface area contributed by atoms with E-state index in [1.807, 2.05) is 0 Å². The van der Waals surface area contributed by atoms with Gasteiger partial charge in [0, 0.05) is 12.8 Å². The van der Waals surface area contributed by atoms with E-state index in [-0.39, 0.29) is 12.8 Å². The number of hydrogen-bond acceptors (Lipinski definition) is 17. The van der Waals surface area contributed by atoms with Crippen molar-refractivity contribution in [3.05, 3.63) is 0 Å². The molecule has 2 amide bonds. The number of ether oxygens (including phenoxy) is 4. The zero-order valence-corrected chi connectivity index (χ0v) is 43.6. The zero-order chi connectivity index (χ0) is 53.3. The first-order chi connectivity index (χ1) is 34.6. The van der Waals surface area contributed by atoms with Crippen molar-refractivity contribution in [3.63, 3.8) is 0 Å². The Kier molecular flexibility index (Phi) is 35.2. The lowest BCUT2D eigenvalue weighted by atomic mass is 9.88. The molecule has 0 aliphatic carbocycles. The summed E-state index contributed by atoms with van der Waals surface area (Å²) in [5.74, 6) is -6.18. The summed E-state index contributed by atoms with van der Waals surface area (Å²) in [6.07, 6.45) is 9.13. The third-order valence-corrected chi connectivity index (χ3v) is 14.1. The second kappa shape index (κ2) is 38.4. The minimum atomic E-state index is -2.86. The fourth-order valence-electron chi connectivity index (χ4n) is 9.50. The van der Waals surface area contributed by atoms with E-state index >= 15 is 0 Å². The average molecular weight is 1040 g/mol. The monoisotopic (exact) mass is 1040 g/mol. The lowest BCUT2D eigenvalue weighted by molar-refractivity contribution is -0.339. The molecule has 2 rings (SSSR count). The Morgan fingerprint density at radius 3 is 1.60 bits per heavy atom. The molecule has 14 atom stereocenters. The first-order valence-corrected chi connectivity index (χ1v) is 27.6. The quantitative estimate of drug-likeness (QED) is 0.0390. The third kappa shape index (κ3) is 24.7. The highest BCUT2D eigenvalue weighted by molar-refractivity contribution is 5.78. The van der Waals surface area contributed by atoms with Crippen molar-refractivity contribution in [3.8, 4) is 0 Å². The van der Waals surface area contributed by atoms with Gasteiger partial charge < -0.3 is 85.8 Å². The molecular weight excluding hydrogens is 941 g/mol. The first kappa shape index (κ1) is 66.0. The van der Waals surface area contributed by atoms with Gasteiger partial charge in [-0.05, 0) is 12.8 Å². The predicted octanol–water partition coefficient (Wildman–Crippen LogP) is 3.12. The molecule has 0 aromatic carbocycles. The highest BCUT2D eigenvalue weighted by Gasteiger charge is 2.57. The van der Waals surface area contributed by atoms with Crippen molar-refractivity contribution >= 4 is 17.8 Å². The van der Waals surface area contributed by atoms with Crippen LogP contribution in [0.1, 0.15) is 200 Å². The molecule has 2 saturated heterocycles. The average Bonchev–Trinajstić information content (AvgIpc) is 3.37. The summed E-state index contributed by atoms with van der Waals surface area (Å²) < 4.78 is 22.8. The number of carbonyl (C=O) groups excluding carboxylic acids is 2. The van der Waals surface area contributed by atoms with Gasteiger partial charge in [0.15, 0.2) is 6.29 Å². The van der Waals surface area contributed by atoms with Gasteiger partial charge in [0.2, 0.25) is 11.8 Å². The van der Waals surface area contributed by atoms with Crippen LogP contribution in [0, 0.1) is 0 Å². The van der Waals surface area contributed by atoms with Gasteiger partial charge in [0.25, 0.3) is 5.79 Å². The fourth-order valence-corrected chi connectivity index (χ4v) is 9.50. The number of aliphatic hydroxyl groups excluding tert-OH is 10. The van der Waals surface area contributed by atoms with Crippen LogP contribution < -0.4 is 10.6 Å². The van der Waals surface area contributed by atoms with Crippen LogP contribution in [0.15, 0.2) is 0 Å². The van der Waals surface area contributed by atoms with Gasteiger partial charge in [0.1, 0.15) is 55.4 Å². The lowest BCUT2D eigenvalue weighted by Crippen LogP contribution is -2.68. The van der Waals surface area contributed by atoms with Crippen LogP contribution in [-0.4, -0.2) is 186 Å². The zero-order valence-electron chi connectivity index (χ0n) is 43.6. The molecule has 0 radical (unpaired) electrons. The second-order valence-corrected chi connectivity index (χ2v) is 20.3. The number of amides is 2. The summed E-state index contributed by atoms with van der Waals surface area (Å²) in [4.78, 5) is 38.1. The van der Waals surface area contributed by atoms with Gasteiger partial charge in [-0.25, -0.2) is 4.79 Å². The van der Waals surface area contributed by atoms with Gasteiger partial charge in [-0.15, -0.1) is 0 Å². The fraction of sp³-hybridized carbons (Fsp3) is 0.942. The number of carboxylic acids is 1. The van der Waals surface area contributed by atoms with E-state index in [2.05, 4.69) is 24.5 Å². The smallest absolute Gasteiger partial charge is 0.364 e. The molecule has 0 aromatic heterocycles. The number of aliphatic carboxylic acids is 1. The lowest BCUT2D eigenvalue weighted by Gasteiger charge is -2.47. The summed E-state index contributed by atoms with van der Waals surface area (Å²) in [5.41, 5.74) is 0. The maximum atomic E-state index is 13.3. The number of carbonyl (C=O) groups is 3. The summed E-state index contributed by atoms with van der Waals surface area (Å²) in [5, 5.41) is 121. The largest absolute Gasteiger partial charge is 0.477 e. The number of carboxylic acid groups (broad SMARTS) is 1. The standard InChI is InChI=1S/C52H98N2O18/c1-3-5-7-9-11-13-15-16-17-18-20-22-24-26-28-30-41(60)53-36(44(62)37(57)29-27-25-23-21-19-14-12-10-8-6-4-2)34-69-50-48(66)47(65)46(64)40(71-50)35-70-52(51(67)68)31-38(58)43(54-42(61)33-56)49(72-52)45(63)39(59)32-55/h36-40,43-50,55-59,62-66H,3-35H2,1-2H3,(H,53,60)(H,54,61)(H,67,68)/t36-,37+,38-,39+,40+,43+,44-,45+,46+,47-,48+,49+,50+,52+/m0/s1. The molecule has 0 saturated carbocycles. The number of aliphatic hydroxyl groups is 10. The molecule has 72 heavy (non-hydrogen) atoms. The molecule has 20 heteroatoms. The molecule has 2 aliphatic heterocycles. The second-order valence-electron chi connectivity index (χ2n) is 20.3. The van der Waals surface area contributed by atoms with Crippen LogP contribution in [0.25, 0.3) is 0 Å². The van der Waals surface area contributed by atoms with Crippen molar-refractivity contribution in [2.75, 3.05) is 26.4 Å². The van der Waals surface area contributed by atoms with E-state index in [0.717, 1.165) is 51.4 Å². The van der Waals surface area contributed by atoms with Gasteiger partial charge in [-0.3, -0.25) is 9.59 Å². The molecule has 0 unspecified atom stereocenters. The molecule has 424 valence electrons. The van der Waals surface area contributed by atoms with E-state index < -0.39 is 136 Å². The van der Waals surface area contributed by atoms with E-state index in [4.69, 9.17) is 18.9 Å². The van der Waals surface area contributed by atoms with E-state index in [0.29, 0.717) is 12.8 Å². The number of nitrogens with one attached hydrogen (secondary N) is 2. The van der Waals surface area contributed by atoms with E-state index in [9.17, 15) is 70.6 Å². The third-order valence-electron chi connectivity index (χ3n) is 14.1. The maximum absolute atomic E-state index is 13.3. The van der Waals surface area contributed by atoms with Crippen LogP contribution in [0.5, 0.6) is 0 Å². The van der Waals surface area contributed by atoms with E-state index in [1.54, 1.807) is 0 Å². The highest BCUT2D eigenvalue weighted by atomic mass is 16.7. The van der Waals surface area contributed by atoms with Crippen molar-refractivity contribution in [1.82, 2.24) is 10.6 Å². The summed E-state index contributed by atoms with van der Waals surface area (Å²) >= 11 is 0. The topological polar surface area (TPSA) is 335 Å². The Bertz CT molecular complexity index is 1420. The van der Waals surface area contributed by atoms with Crippen LogP contribution in [-0.2, 0) is 33.3 Å². The normalized spacial score (nSPS) is 26.7. The SMILES string of the molecule is CCCCCCCCCCCCCCCCCC(=O)N[C@@H](CO[C@@H]1O[C@H](CO[C@]2(C(=O)O)C[C@H](O)[C@@H](NC(=O)CO)[C@H]([C@H](O)[C@H](O)CO)O2)[C@@H](O)[C@H](O)[C@H]1O)[C@H](O)[C@H](O)CCCCCCCCCCCCC. The van der Waals surface area contributed by atoms with Crippen molar-refractivity contribution < 1.29 is 89.5 Å². The molecular formula is C52H98N2O18. The minimum Gasteiger partial charge on any atom is -0.477 e. The number of hydrogen-bond donors (Lipinski definition) is 13. The first-order valence-electron chi connectivity index (χ1n) is 27.6. The Morgan fingerprint density at radius 2 is 1.12 bits per heavy atom. The Labute approximate surface area is 428 Å². The van der Waals surface area contributed by atoms with Gasteiger partial charge >= 0.3 is 5.97 Å². The summed E-state index contributed by atoms with van der Waals surface area (Å²) in [6.45, 7) is 0.858. The van der Waals surface area contributed by atoms with Gasteiger partial charge in [-0.1, -0.05) is 174 Å². The molecule has 2 heterocycles. The summed E-state index contributed by atoms with van der Waals surface area (Å²) in [6, 6.07) is -2.83. The molecule has 0 spiro atoms.